The Balaban J connectivity index is 4.33. The predicted molar refractivity (Wildman–Crippen MR) is 275 cm³/mol. The molecular formula is C58H102O6. The van der Waals surface area contributed by atoms with Gasteiger partial charge in [-0.05, 0) is 77.0 Å². The van der Waals surface area contributed by atoms with Crippen molar-refractivity contribution in [2.45, 2.75) is 277 Å². The third-order valence-electron chi connectivity index (χ3n) is 11.8. The zero-order chi connectivity index (χ0) is 46.5. The average molecular weight is 895 g/mol. The highest BCUT2D eigenvalue weighted by Gasteiger charge is 2.19. The molecule has 1 unspecified atom stereocenters. The first-order valence-electron chi connectivity index (χ1n) is 27.3. The van der Waals surface area contributed by atoms with Crippen molar-refractivity contribution in [2.75, 3.05) is 13.2 Å². The summed E-state index contributed by atoms with van der Waals surface area (Å²) in [5.41, 5.74) is 0. The normalized spacial score (nSPS) is 12.5. The molecule has 0 saturated carbocycles. The van der Waals surface area contributed by atoms with Gasteiger partial charge in [0.2, 0.25) is 0 Å². The summed E-state index contributed by atoms with van der Waals surface area (Å²) in [4.78, 5) is 38.0. The summed E-state index contributed by atoms with van der Waals surface area (Å²) in [7, 11) is 0. The van der Waals surface area contributed by atoms with Crippen LogP contribution in [0.4, 0.5) is 0 Å². The van der Waals surface area contributed by atoms with Crippen LogP contribution in [0.2, 0.25) is 0 Å². The van der Waals surface area contributed by atoms with Crippen LogP contribution < -0.4 is 0 Å². The third kappa shape index (κ3) is 50.1. The van der Waals surface area contributed by atoms with Gasteiger partial charge >= 0.3 is 17.9 Å². The molecule has 0 N–H and O–H groups in total. The molecule has 6 heteroatoms. The van der Waals surface area contributed by atoms with Gasteiger partial charge in [-0.15, -0.1) is 0 Å². The van der Waals surface area contributed by atoms with Crippen molar-refractivity contribution < 1.29 is 28.6 Å². The fourth-order valence-electron chi connectivity index (χ4n) is 7.65. The lowest BCUT2D eigenvalue weighted by Crippen LogP contribution is -2.30. The molecule has 370 valence electrons. The molecule has 0 aliphatic heterocycles. The highest BCUT2D eigenvalue weighted by molar-refractivity contribution is 5.71. The molecule has 0 aliphatic carbocycles. The summed E-state index contributed by atoms with van der Waals surface area (Å²) in [5.74, 6) is -0.901. The standard InChI is InChI=1S/C58H102O6/c1-4-7-10-13-16-19-22-24-26-28-29-31-32-34-36-39-42-45-48-51-57(60)63-54-55(53-62-56(59)50-47-44-41-38-21-18-15-12-9-6-3)64-58(61)52-49-46-43-40-37-35-33-30-27-25-23-20-17-14-11-8-5-2/h7,10,15-16,18-19,24,26,29,31,55H,4-6,8-9,11-14,17,20-23,25,27-28,30,32-54H2,1-3H3/b10-7-,18-15-,19-16-,26-24-,31-29-. The fourth-order valence-corrected chi connectivity index (χ4v) is 7.65. The first kappa shape index (κ1) is 61.1. The number of ether oxygens (including phenoxy) is 3. The van der Waals surface area contributed by atoms with Gasteiger partial charge < -0.3 is 14.2 Å². The minimum Gasteiger partial charge on any atom is -0.462 e. The summed E-state index contributed by atoms with van der Waals surface area (Å²) in [5, 5.41) is 0. The molecule has 0 aromatic carbocycles. The lowest BCUT2D eigenvalue weighted by Gasteiger charge is -2.18. The SMILES string of the molecule is CC/C=C\C/C=C\C/C=C\C/C=C\CCCCCCCCC(=O)OCC(COC(=O)CCCCCC/C=C\CCCC)OC(=O)CCCCCCCCCCCCCCCCCCC. The van der Waals surface area contributed by atoms with Gasteiger partial charge in [0.25, 0.3) is 0 Å². The van der Waals surface area contributed by atoms with Crippen LogP contribution >= 0.6 is 0 Å². The first-order valence-corrected chi connectivity index (χ1v) is 27.3. The van der Waals surface area contributed by atoms with E-state index >= 15 is 0 Å². The van der Waals surface area contributed by atoms with Crippen molar-refractivity contribution in [1.82, 2.24) is 0 Å². The highest BCUT2D eigenvalue weighted by atomic mass is 16.6. The van der Waals surface area contributed by atoms with E-state index in [4.69, 9.17) is 14.2 Å². The Kier molecular flexibility index (Phi) is 50.4. The molecule has 64 heavy (non-hydrogen) atoms. The average Bonchev–Trinajstić information content (AvgIpc) is 3.29. The number of carbonyl (C=O) groups is 3. The lowest BCUT2D eigenvalue weighted by molar-refractivity contribution is -0.167. The maximum absolute atomic E-state index is 12.8. The number of esters is 3. The third-order valence-corrected chi connectivity index (χ3v) is 11.8. The molecule has 0 radical (unpaired) electrons. The number of hydrogen-bond donors (Lipinski definition) is 0. The quantitative estimate of drug-likeness (QED) is 0.0262. The summed E-state index contributed by atoms with van der Waals surface area (Å²) in [6.07, 6.45) is 65.0. The fraction of sp³-hybridized carbons (Fsp3) is 0.776. The molecule has 0 saturated heterocycles. The van der Waals surface area contributed by atoms with Crippen LogP contribution in [0.25, 0.3) is 0 Å². The van der Waals surface area contributed by atoms with Gasteiger partial charge in [-0.1, -0.05) is 236 Å². The van der Waals surface area contributed by atoms with Crippen molar-refractivity contribution in [1.29, 1.82) is 0 Å². The monoisotopic (exact) mass is 895 g/mol. The lowest BCUT2D eigenvalue weighted by atomic mass is 10.0. The van der Waals surface area contributed by atoms with E-state index in [-0.39, 0.29) is 31.1 Å². The summed E-state index contributed by atoms with van der Waals surface area (Å²) < 4.78 is 16.8. The molecule has 6 nitrogen and oxygen atoms in total. The summed E-state index contributed by atoms with van der Waals surface area (Å²) >= 11 is 0. The van der Waals surface area contributed by atoms with E-state index in [0.29, 0.717) is 19.3 Å². The van der Waals surface area contributed by atoms with Crippen molar-refractivity contribution in [2.24, 2.45) is 0 Å². The Bertz CT molecular complexity index is 1170. The second-order valence-electron chi connectivity index (χ2n) is 18.1. The number of carbonyl (C=O) groups excluding carboxylic acids is 3. The van der Waals surface area contributed by atoms with Gasteiger partial charge in [-0.2, -0.15) is 0 Å². The topological polar surface area (TPSA) is 78.9 Å². The largest absolute Gasteiger partial charge is 0.462 e. The van der Waals surface area contributed by atoms with Crippen LogP contribution in [0.1, 0.15) is 271 Å². The van der Waals surface area contributed by atoms with Crippen LogP contribution in [0.15, 0.2) is 60.8 Å². The molecule has 0 amide bonds. The van der Waals surface area contributed by atoms with E-state index in [0.717, 1.165) is 109 Å². The van der Waals surface area contributed by atoms with Crippen molar-refractivity contribution >= 4 is 17.9 Å². The van der Waals surface area contributed by atoms with Gasteiger partial charge in [0.1, 0.15) is 13.2 Å². The van der Waals surface area contributed by atoms with E-state index in [1.165, 1.54) is 122 Å². The van der Waals surface area contributed by atoms with Crippen molar-refractivity contribution in [3.63, 3.8) is 0 Å². The molecule has 0 spiro atoms. The Morgan fingerprint density at radius 2 is 0.625 bits per heavy atom. The van der Waals surface area contributed by atoms with Gasteiger partial charge in [-0.3, -0.25) is 14.4 Å². The maximum atomic E-state index is 12.8. The van der Waals surface area contributed by atoms with E-state index in [1.807, 2.05) is 0 Å². The first-order chi connectivity index (χ1) is 31.5. The van der Waals surface area contributed by atoms with E-state index in [2.05, 4.69) is 81.5 Å². The molecule has 0 aliphatic rings. The van der Waals surface area contributed by atoms with Crippen LogP contribution in [0.3, 0.4) is 0 Å². The van der Waals surface area contributed by atoms with E-state index < -0.39 is 6.10 Å². The Morgan fingerprint density at radius 3 is 1.02 bits per heavy atom. The minimum absolute atomic E-state index is 0.0830. The highest BCUT2D eigenvalue weighted by Crippen LogP contribution is 2.16. The van der Waals surface area contributed by atoms with Crippen molar-refractivity contribution in [3.8, 4) is 0 Å². The second kappa shape index (κ2) is 52.7. The zero-order valence-electron chi connectivity index (χ0n) is 42.3. The van der Waals surface area contributed by atoms with Gasteiger partial charge in [0.15, 0.2) is 6.10 Å². The minimum atomic E-state index is -0.782. The predicted octanol–water partition coefficient (Wildman–Crippen LogP) is 18.0. The Hall–Kier alpha value is -2.89. The van der Waals surface area contributed by atoms with E-state index in [1.54, 1.807) is 0 Å². The molecule has 0 aromatic heterocycles. The zero-order valence-corrected chi connectivity index (χ0v) is 42.3. The molecular weight excluding hydrogens is 793 g/mol. The second-order valence-corrected chi connectivity index (χ2v) is 18.1. The molecule has 0 heterocycles. The van der Waals surface area contributed by atoms with Crippen LogP contribution in [0.5, 0.6) is 0 Å². The van der Waals surface area contributed by atoms with E-state index in [9.17, 15) is 14.4 Å². The Morgan fingerprint density at radius 1 is 0.328 bits per heavy atom. The smallest absolute Gasteiger partial charge is 0.306 e. The molecule has 0 bridgehead atoms. The van der Waals surface area contributed by atoms with Gasteiger partial charge in [0.05, 0.1) is 0 Å². The molecule has 1 atom stereocenters. The number of rotatable bonds is 49. The van der Waals surface area contributed by atoms with Crippen LogP contribution in [-0.4, -0.2) is 37.2 Å². The van der Waals surface area contributed by atoms with Crippen molar-refractivity contribution in [3.05, 3.63) is 60.8 Å². The number of hydrogen-bond acceptors (Lipinski definition) is 6. The van der Waals surface area contributed by atoms with Crippen LogP contribution in [0, 0.1) is 0 Å². The molecule has 0 fully saturated rings. The maximum Gasteiger partial charge on any atom is 0.306 e. The number of unbranched alkanes of at least 4 members (excludes halogenated alkanes) is 28. The van der Waals surface area contributed by atoms with Gasteiger partial charge in [0, 0.05) is 19.3 Å². The summed E-state index contributed by atoms with van der Waals surface area (Å²) in [6, 6.07) is 0. The van der Waals surface area contributed by atoms with Crippen LogP contribution in [-0.2, 0) is 28.6 Å². The Labute approximate surface area is 396 Å². The summed E-state index contributed by atoms with van der Waals surface area (Å²) in [6.45, 7) is 6.48. The molecule has 0 rings (SSSR count). The molecule has 0 aromatic rings. The number of allylic oxidation sites excluding steroid dienone is 10. The van der Waals surface area contributed by atoms with Gasteiger partial charge in [-0.25, -0.2) is 0 Å².